The first kappa shape index (κ1) is 25.6. The van der Waals surface area contributed by atoms with E-state index >= 15 is 0 Å². The lowest BCUT2D eigenvalue weighted by atomic mass is 10.0. The minimum atomic E-state index is -0.584. The van der Waals surface area contributed by atoms with Crippen molar-refractivity contribution in [3.8, 4) is 11.5 Å². The fourth-order valence-electron chi connectivity index (χ4n) is 3.78. The summed E-state index contributed by atoms with van der Waals surface area (Å²) >= 11 is 5.31. The number of furan rings is 1. The number of esters is 1. The molecule has 0 atom stereocenters. The van der Waals surface area contributed by atoms with E-state index in [9.17, 15) is 14.4 Å². The maximum absolute atomic E-state index is 13.4. The Kier molecular flexibility index (Phi) is 7.69. The molecule has 2 heterocycles. The second-order valence-corrected chi connectivity index (χ2v) is 8.28. The van der Waals surface area contributed by atoms with Crippen molar-refractivity contribution in [1.82, 2.24) is 5.32 Å². The molecule has 2 aromatic carbocycles. The Morgan fingerprint density at radius 2 is 1.86 bits per heavy atom. The number of amides is 2. The highest BCUT2D eigenvalue weighted by atomic mass is 32.1. The quantitative estimate of drug-likeness (QED) is 0.205. The first-order chi connectivity index (χ1) is 17.9. The largest absolute Gasteiger partial charge is 0.493 e. The molecule has 0 unspecified atom stereocenters. The Bertz CT molecular complexity index is 1410. The third-order valence-corrected chi connectivity index (χ3v) is 5.92. The SMILES string of the molecule is CCc1ccccc1N1C(=O)/C(=C\c2ccc(OCc3ccc(C(=O)OC)o3)c(OC)c2)C(=O)NC1=S. The first-order valence-corrected chi connectivity index (χ1v) is 11.7. The first-order valence-electron chi connectivity index (χ1n) is 11.3. The predicted molar refractivity (Wildman–Crippen MR) is 139 cm³/mol. The summed E-state index contributed by atoms with van der Waals surface area (Å²) in [6.07, 6.45) is 2.17. The molecule has 1 N–H and O–H groups in total. The van der Waals surface area contributed by atoms with Crippen LogP contribution in [0.5, 0.6) is 11.5 Å². The fraction of sp³-hybridized carbons (Fsp3) is 0.185. The standard InChI is InChI=1S/C27H24N2O7S/c1-4-17-7-5-6-8-20(17)29-25(31)19(24(30)28-27(29)37)13-16-9-11-21(23(14-16)33-2)35-15-18-10-12-22(36-18)26(32)34-3/h5-14H,4,15H2,1-3H3,(H,28,30,37)/b19-13-. The van der Waals surface area contributed by atoms with Gasteiger partial charge in [0.1, 0.15) is 17.9 Å². The molecule has 0 radical (unpaired) electrons. The van der Waals surface area contributed by atoms with Gasteiger partial charge in [-0.2, -0.15) is 0 Å². The summed E-state index contributed by atoms with van der Waals surface area (Å²) in [6.45, 7) is 2.02. The number of anilines is 1. The number of carbonyl (C=O) groups excluding carboxylic acids is 3. The van der Waals surface area contributed by atoms with Gasteiger partial charge < -0.3 is 18.6 Å². The number of thiocarbonyl (C=S) groups is 1. The Morgan fingerprint density at radius 1 is 1.08 bits per heavy atom. The fourth-order valence-corrected chi connectivity index (χ4v) is 4.05. The van der Waals surface area contributed by atoms with Gasteiger partial charge in [-0.15, -0.1) is 0 Å². The molecule has 1 saturated heterocycles. The summed E-state index contributed by atoms with van der Waals surface area (Å²) in [6, 6.07) is 15.5. The zero-order valence-corrected chi connectivity index (χ0v) is 21.2. The Balaban J connectivity index is 1.57. The molecule has 1 aliphatic rings. The monoisotopic (exact) mass is 520 g/mol. The number of ether oxygens (including phenoxy) is 3. The average Bonchev–Trinajstić information content (AvgIpc) is 3.39. The molecule has 3 aromatic rings. The van der Waals surface area contributed by atoms with E-state index in [1.165, 1.54) is 31.3 Å². The van der Waals surface area contributed by atoms with Crippen LogP contribution in [-0.2, 0) is 27.4 Å². The number of hydrogen-bond donors (Lipinski definition) is 1. The molecular weight excluding hydrogens is 496 g/mol. The van der Waals surface area contributed by atoms with E-state index in [-0.39, 0.29) is 23.1 Å². The van der Waals surface area contributed by atoms with Crippen molar-refractivity contribution in [1.29, 1.82) is 0 Å². The van der Waals surface area contributed by atoms with Crippen LogP contribution in [0.15, 0.2) is 64.6 Å². The van der Waals surface area contributed by atoms with Gasteiger partial charge in [0, 0.05) is 0 Å². The summed E-state index contributed by atoms with van der Waals surface area (Å²) in [4.78, 5) is 39.0. The number of aryl methyl sites for hydroxylation is 1. The van der Waals surface area contributed by atoms with Crippen LogP contribution in [0, 0.1) is 0 Å². The van der Waals surface area contributed by atoms with Crippen molar-refractivity contribution < 1.29 is 33.0 Å². The zero-order valence-electron chi connectivity index (χ0n) is 20.4. The van der Waals surface area contributed by atoms with Gasteiger partial charge in [0.05, 0.1) is 19.9 Å². The molecule has 9 nitrogen and oxygen atoms in total. The second-order valence-electron chi connectivity index (χ2n) is 7.90. The molecule has 0 aliphatic carbocycles. The Morgan fingerprint density at radius 3 is 2.59 bits per heavy atom. The molecule has 0 spiro atoms. The Labute approximate surface area is 218 Å². The van der Waals surface area contributed by atoms with Gasteiger partial charge >= 0.3 is 5.97 Å². The van der Waals surface area contributed by atoms with Gasteiger partial charge in [-0.3, -0.25) is 19.8 Å². The summed E-state index contributed by atoms with van der Waals surface area (Å²) in [5.74, 6) is -0.421. The molecule has 37 heavy (non-hydrogen) atoms. The lowest BCUT2D eigenvalue weighted by Gasteiger charge is -2.30. The zero-order chi connectivity index (χ0) is 26.5. The highest BCUT2D eigenvalue weighted by molar-refractivity contribution is 7.80. The molecule has 1 fully saturated rings. The van der Waals surface area contributed by atoms with E-state index in [1.54, 1.807) is 30.3 Å². The summed E-state index contributed by atoms with van der Waals surface area (Å²) < 4.78 is 21.3. The van der Waals surface area contributed by atoms with Gasteiger partial charge in [-0.25, -0.2) is 4.79 Å². The highest BCUT2D eigenvalue weighted by Crippen LogP contribution is 2.31. The normalized spacial score (nSPS) is 14.5. The van der Waals surface area contributed by atoms with E-state index in [0.717, 1.165) is 5.56 Å². The van der Waals surface area contributed by atoms with Crippen molar-refractivity contribution in [3.63, 3.8) is 0 Å². The molecule has 1 aromatic heterocycles. The topological polar surface area (TPSA) is 107 Å². The molecule has 10 heteroatoms. The summed E-state index contributed by atoms with van der Waals surface area (Å²) in [7, 11) is 2.74. The number of para-hydroxylation sites is 1. The predicted octanol–water partition coefficient (Wildman–Crippen LogP) is 4.05. The molecule has 2 amide bonds. The van der Waals surface area contributed by atoms with E-state index in [0.29, 0.717) is 34.9 Å². The summed E-state index contributed by atoms with van der Waals surface area (Å²) in [5.41, 5.74) is 2.03. The molecular formula is C27H24N2O7S. The van der Waals surface area contributed by atoms with Crippen molar-refractivity contribution in [3.05, 3.63) is 82.8 Å². The minimum Gasteiger partial charge on any atom is -0.493 e. The lowest BCUT2D eigenvalue weighted by molar-refractivity contribution is -0.122. The van der Waals surface area contributed by atoms with Crippen molar-refractivity contribution >= 4 is 46.9 Å². The lowest BCUT2D eigenvalue weighted by Crippen LogP contribution is -2.54. The molecule has 0 saturated carbocycles. The highest BCUT2D eigenvalue weighted by Gasteiger charge is 2.35. The van der Waals surface area contributed by atoms with Crippen LogP contribution in [-0.4, -0.2) is 37.1 Å². The third-order valence-electron chi connectivity index (χ3n) is 5.63. The van der Waals surface area contributed by atoms with Gasteiger partial charge in [-0.05, 0) is 66.2 Å². The maximum atomic E-state index is 13.4. The number of nitrogens with zero attached hydrogens (tertiary/aromatic N) is 1. The average molecular weight is 521 g/mol. The van der Waals surface area contributed by atoms with E-state index < -0.39 is 17.8 Å². The Hall–Kier alpha value is -4.44. The second kappa shape index (κ2) is 11.1. The van der Waals surface area contributed by atoms with Crippen molar-refractivity contribution in [2.75, 3.05) is 19.1 Å². The van der Waals surface area contributed by atoms with Gasteiger partial charge in [-0.1, -0.05) is 31.2 Å². The number of hydrogen-bond acceptors (Lipinski definition) is 8. The van der Waals surface area contributed by atoms with Crippen molar-refractivity contribution in [2.45, 2.75) is 20.0 Å². The number of benzene rings is 2. The smallest absolute Gasteiger partial charge is 0.373 e. The van der Waals surface area contributed by atoms with Crippen molar-refractivity contribution in [2.24, 2.45) is 0 Å². The van der Waals surface area contributed by atoms with Crippen LogP contribution < -0.4 is 19.7 Å². The number of carbonyl (C=O) groups is 3. The molecule has 0 bridgehead atoms. The van der Waals surface area contributed by atoms with Gasteiger partial charge in [0.2, 0.25) is 5.76 Å². The number of rotatable bonds is 8. The van der Waals surface area contributed by atoms with Gasteiger partial charge in [0.25, 0.3) is 11.8 Å². The van der Waals surface area contributed by atoms with Crippen LogP contribution in [0.1, 0.15) is 34.4 Å². The number of methoxy groups -OCH3 is 2. The third kappa shape index (κ3) is 5.39. The van der Waals surface area contributed by atoms with Crippen LogP contribution in [0.25, 0.3) is 6.08 Å². The van der Waals surface area contributed by atoms with E-state index in [2.05, 4.69) is 10.1 Å². The van der Waals surface area contributed by atoms with Crippen LogP contribution in [0.3, 0.4) is 0 Å². The number of nitrogens with one attached hydrogen (secondary N) is 1. The van der Waals surface area contributed by atoms with Crippen LogP contribution in [0.2, 0.25) is 0 Å². The molecule has 190 valence electrons. The maximum Gasteiger partial charge on any atom is 0.373 e. The minimum absolute atomic E-state index is 0.0302. The molecule has 4 rings (SSSR count). The summed E-state index contributed by atoms with van der Waals surface area (Å²) in [5, 5.41) is 2.63. The van der Waals surface area contributed by atoms with Crippen LogP contribution in [0.4, 0.5) is 5.69 Å². The van der Waals surface area contributed by atoms with Crippen LogP contribution >= 0.6 is 12.2 Å². The van der Waals surface area contributed by atoms with Gasteiger partial charge in [0.15, 0.2) is 16.6 Å². The van der Waals surface area contributed by atoms with E-state index in [4.69, 9.17) is 26.1 Å². The van der Waals surface area contributed by atoms with E-state index in [1.807, 2.05) is 25.1 Å². The molecule has 1 aliphatic heterocycles.